The fourth-order valence-corrected chi connectivity index (χ4v) is 1.34. The molecule has 0 aliphatic rings. The summed E-state index contributed by atoms with van der Waals surface area (Å²) in [6, 6.07) is 9.23. The molecule has 0 bridgehead atoms. The molecular weight excluding hydrogens is 220 g/mol. The average Bonchev–Trinajstić information content (AvgIpc) is 2.30. The Morgan fingerprint density at radius 3 is 2.41 bits per heavy atom. The molecule has 0 spiro atoms. The van der Waals surface area contributed by atoms with Crippen LogP contribution in [0.3, 0.4) is 0 Å². The van der Waals surface area contributed by atoms with Gasteiger partial charge in [0.1, 0.15) is 11.5 Å². The lowest BCUT2D eigenvalue weighted by atomic mass is 10.2. The van der Waals surface area contributed by atoms with E-state index in [1.54, 1.807) is 24.3 Å². The normalized spacial score (nSPS) is 10.1. The summed E-state index contributed by atoms with van der Waals surface area (Å²) in [4.78, 5) is 0. The minimum Gasteiger partial charge on any atom is -0.506 e. The van der Waals surface area contributed by atoms with Gasteiger partial charge in [0.25, 0.3) is 0 Å². The number of nitrogen functional groups attached to an aromatic ring is 2. The Morgan fingerprint density at radius 2 is 1.71 bits per heavy atom. The standard InChI is InChI=1S/C12H12N2O3/c13-8-5-4-7(6-10(8)15)17-11-3-1-2-9(14)12(11)16/h1-6,15-16H,13-14H2. The number of benzene rings is 2. The second kappa shape index (κ2) is 4.13. The van der Waals surface area contributed by atoms with Gasteiger partial charge >= 0.3 is 0 Å². The molecule has 0 atom stereocenters. The quantitative estimate of drug-likeness (QED) is 0.469. The van der Waals surface area contributed by atoms with Crippen LogP contribution in [0.2, 0.25) is 0 Å². The summed E-state index contributed by atoms with van der Waals surface area (Å²) in [5.41, 5.74) is 11.5. The van der Waals surface area contributed by atoms with Gasteiger partial charge in [-0.25, -0.2) is 0 Å². The van der Waals surface area contributed by atoms with E-state index in [1.165, 1.54) is 12.1 Å². The Morgan fingerprint density at radius 1 is 0.941 bits per heavy atom. The number of phenols is 2. The summed E-state index contributed by atoms with van der Waals surface area (Å²) in [6.07, 6.45) is 0. The van der Waals surface area contributed by atoms with E-state index < -0.39 is 0 Å². The fraction of sp³-hybridized carbons (Fsp3) is 0. The van der Waals surface area contributed by atoms with Crippen LogP contribution in [0.4, 0.5) is 11.4 Å². The number of anilines is 2. The molecule has 2 aromatic carbocycles. The van der Waals surface area contributed by atoms with Crippen molar-refractivity contribution in [3.05, 3.63) is 36.4 Å². The monoisotopic (exact) mass is 232 g/mol. The summed E-state index contributed by atoms with van der Waals surface area (Å²) >= 11 is 0. The van der Waals surface area contributed by atoms with Crippen LogP contribution in [0.5, 0.6) is 23.0 Å². The van der Waals surface area contributed by atoms with Crippen LogP contribution in [0.1, 0.15) is 0 Å². The third-order valence-corrected chi connectivity index (χ3v) is 2.26. The van der Waals surface area contributed by atoms with Crippen molar-refractivity contribution in [2.75, 3.05) is 11.5 Å². The zero-order valence-electron chi connectivity index (χ0n) is 8.92. The molecule has 6 N–H and O–H groups in total. The lowest BCUT2D eigenvalue weighted by Gasteiger charge is -2.09. The molecule has 0 saturated carbocycles. The highest BCUT2D eigenvalue weighted by molar-refractivity contribution is 5.61. The summed E-state index contributed by atoms with van der Waals surface area (Å²) < 4.78 is 5.38. The van der Waals surface area contributed by atoms with E-state index in [4.69, 9.17) is 16.2 Å². The lowest BCUT2D eigenvalue weighted by Crippen LogP contribution is -1.91. The van der Waals surface area contributed by atoms with Crippen LogP contribution in [-0.4, -0.2) is 10.2 Å². The first-order chi connectivity index (χ1) is 8.08. The highest BCUT2D eigenvalue weighted by atomic mass is 16.5. The summed E-state index contributed by atoms with van der Waals surface area (Å²) in [6.45, 7) is 0. The number of ether oxygens (including phenoxy) is 1. The number of aromatic hydroxyl groups is 2. The molecule has 88 valence electrons. The number of phenolic OH excluding ortho intramolecular Hbond substituents is 2. The average molecular weight is 232 g/mol. The lowest BCUT2D eigenvalue weighted by molar-refractivity contribution is 0.410. The van der Waals surface area contributed by atoms with Crippen molar-refractivity contribution in [3.63, 3.8) is 0 Å². The van der Waals surface area contributed by atoms with Crippen molar-refractivity contribution in [2.24, 2.45) is 0 Å². The predicted octanol–water partition coefficient (Wildman–Crippen LogP) is 2.05. The Hall–Kier alpha value is -2.56. The highest BCUT2D eigenvalue weighted by Gasteiger charge is 2.07. The summed E-state index contributed by atoms with van der Waals surface area (Å²) in [7, 11) is 0. The molecule has 0 fully saturated rings. The SMILES string of the molecule is Nc1ccc(Oc2cccc(N)c2O)cc1O. The molecule has 0 aliphatic carbocycles. The molecule has 5 heteroatoms. The molecule has 0 saturated heterocycles. The molecular formula is C12H12N2O3. The maximum Gasteiger partial charge on any atom is 0.181 e. The topological polar surface area (TPSA) is 102 Å². The number of rotatable bonds is 2. The molecule has 0 radical (unpaired) electrons. The van der Waals surface area contributed by atoms with Crippen molar-refractivity contribution in [1.82, 2.24) is 0 Å². The summed E-state index contributed by atoms with van der Waals surface area (Å²) in [5, 5.41) is 19.1. The van der Waals surface area contributed by atoms with E-state index in [-0.39, 0.29) is 28.6 Å². The third kappa shape index (κ3) is 2.17. The molecule has 0 aliphatic heterocycles. The molecule has 2 rings (SSSR count). The number of hydrogen-bond acceptors (Lipinski definition) is 5. The molecule has 2 aromatic rings. The van der Waals surface area contributed by atoms with E-state index in [0.29, 0.717) is 5.75 Å². The van der Waals surface area contributed by atoms with E-state index in [9.17, 15) is 10.2 Å². The number of hydrogen-bond donors (Lipinski definition) is 4. The van der Waals surface area contributed by atoms with Crippen molar-refractivity contribution < 1.29 is 14.9 Å². The van der Waals surface area contributed by atoms with Gasteiger partial charge < -0.3 is 26.4 Å². The largest absolute Gasteiger partial charge is 0.506 e. The number of para-hydroxylation sites is 1. The van der Waals surface area contributed by atoms with Gasteiger partial charge in [0.2, 0.25) is 0 Å². The van der Waals surface area contributed by atoms with Gasteiger partial charge in [-0.3, -0.25) is 0 Å². The van der Waals surface area contributed by atoms with Gasteiger partial charge in [0, 0.05) is 6.07 Å². The van der Waals surface area contributed by atoms with Crippen LogP contribution in [0, 0.1) is 0 Å². The fourth-order valence-electron chi connectivity index (χ4n) is 1.34. The van der Waals surface area contributed by atoms with Gasteiger partial charge in [-0.05, 0) is 24.3 Å². The molecule has 17 heavy (non-hydrogen) atoms. The predicted molar refractivity (Wildman–Crippen MR) is 65.1 cm³/mol. The van der Waals surface area contributed by atoms with Crippen molar-refractivity contribution >= 4 is 11.4 Å². The smallest absolute Gasteiger partial charge is 0.181 e. The zero-order chi connectivity index (χ0) is 12.4. The number of nitrogens with two attached hydrogens (primary N) is 2. The van der Waals surface area contributed by atoms with Gasteiger partial charge in [-0.2, -0.15) is 0 Å². The van der Waals surface area contributed by atoms with E-state index in [0.717, 1.165) is 0 Å². The Labute approximate surface area is 97.9 Å². The van der Waals surface area contributed by atoms with Crippen LogP contribution in [0.25, 0.3) is 0 Å². The Balaban J connectivity index is 2.31. The van der Waals surface area contributed by atoms with Crippen LogP contribution in [-0.2, 0) is 0 Å². The molecule has 5 nitrogen and oxygen atoms in total. The van der Waals surface area contributed by atoms with Crippen molar-refractivity contribution in [3.8, 4) is 23.0 Å². The van der Waals surface area contributed by atoms with E-state index in [2.05, 4.69) is 0 Å². The maximum absolute atomic E-state index is 9.65. The van der Waals surface area contributed by atoms with Crippen LogP contribution >= 0.6 is 0 Å². The second-order valence-corrected chi connectivity index (χ2v) is 3.52. The minimum atomic E-state index is -0.135. The van der Waals surface area contributed by atoms with Gasteiger partial charge in [0.15, 0.2) is 11.5 Å². The molecule has 0 heterocycles. The first-order valence-corrected chi connectivity index (χ1v) is 4.91. The van der Waals surface area contributed by atoms with Crippen molar-refractivity contribution in [2.45, 2.75) is 0 Å². The molecule has 0 amide bonds. The molecule has 0 aromatic heterocycles. The maximum atomic E-state index is 9.65. The Bertz CT molecular complexity index is 555. The summed E-state index contributed by atoms with van der Waals surface area (Å²) in [5.74, 6) is 0.362. The third-order valence-electron chi connectivity index (χ3n) is 2.26. The minimum absolute atomic E-state index is 0.0779. The second-order valence-electron chi connectivity index (χ2n) is 3.52. The van der Waals surface area contributed by atoms with E-state index >= 15 is 0 Å². The van der Waals surface area contributed by atoms with Gasteiger partial charge in [-0.1, -0.05) is 6.07 Å². The first-order valence-electron chi connectivity index (χ1n) is 4.91. The van der Waals surface area contributed by atoms with Crippen LogP contribution in [0.15, 0.2) is 36.4 Å². The van der Waals surface area contributed by atoms with Gasteiger partial charge in [0.05, 0.1) is 11.4 Å². The highest BCUT2D eigenvalue weighted by Crippen LogP contribution is 2.36. The van der Waals surface area contributed by atoms with E-state index in [1.807, 2.05) is 0 Å². The van der Waals surface area contributed by atoms with Crippen molar-refractivity contribution in [1.29, 1.82) is 0 Å². The van der Waals surface area contributed by atoms with Gasteiger partial charge in [-0.15, -0.1) is 0 Å². The first kappa shape index (κ1) is 10.9. The Kier molecular flexibility index (Phi) is 2.66. The zero-order valence-corrected chi connectivity index (χ0v) is 8.92. The molecule has 0 unspecified atom stereocenters. The van der Waals surface area contributed by atoms with Crippen LogP contribution < -0.4 is 16.2 Å².